The molecule has 0 unspecified atom stereocenters. The lowest BCUT2D eigenvalue weighted by molar-refractivity contribution is -0.153. The number of nitrogens with zero attached hydrogens (tertiary/aromatic N) is 3. The number of halogens is 3. The maximum atomic E-state index is 12.2. The first-order chi connectivity index (χ1) is 13.2. The van der Waals surface area contributed by atoms with Crippen molar-refractivity contribution in [3.05, 3.63) is 54.4 Å². The molecule has 28 heavy (non-hydrogen) atoms. The van der Waals surface area contributed by atoms with E-state index in [1.807, 2.05) is 0 Å². The number of aryl methyl sites for hydroxylation is 1. The number of alkyl halides is 3. The molecule has 0 saturated heterocycles. The molecular formula is C18H16F3N5O2. The van der Waals surface area contributed by atoms with Gasteiger partial charge >= 0.3 is 6.18 Å². The van der Waals surface area contributed by atoms with Gasteiger partial charge < -0.3 is 15.8 Å². The summed E-state index contributed by atoms with van der Waals surface area (Å²) in [6, 6.07) is 10.8. The molecule has 0 aliphatic rings. The zero-order chi connectivity index (χ0) is 20.3. The van der Waals surface area contributed by atoms with E-state index in [-0.39, 0.29) is 23.3 Å². The Kier molecular flexibility index (Phi) is 5.21. The van der Waals surface area contributed by atoms with Crippen molar-refractivity contribution in [3.63, 3.8) is 0 Å². The van der Waals surface area contributed by atoms with Crippen molar-refractivity contribution in [3.8, 4) is 16.9 Å². The van der Waals surface area contributed by atoms with Crippen LogP contribution in [0.15, 0.2) is 48.7 Å². The summed E-state index contributed by atoms with van der Waals surface area (Å²) < 4.78 is 42.7. The number of benzene rings is 1. The topological polar surface area (TPSA) is 95.1 Å². The van der Waals surface area contributed by atoms with Crippen molar-refractivity contribution in [2.24, 2.45) is 7.05 Å². The molecule has 0 fully saturated rings. The summed E-state index contributed by atoms with van der Waals surface area (Å²) in [6.45, 7) is -1.36. The van der Waals surface area contributed by atoms with Crippen LogP contribution in [0.1, 0.15) is 10.5 Å². The van der Waals surface area contributed by atoms with Gasteiger partial charge in [0.15, 0.2) is 6.61 Å². The van der Waals surface area contributed by atoms with Crippen LogP contribution in [0.3, 0.4) is 0 Å². The Hall–Kier alpha value is -3.56. The van der Waals surface area contributed by atoms with Crippen LogP contribution in [-0.4, -0.2) is 33.5 Å². The van der Waals surface area contributed by atoms with Crippen LogP contribution in [0.5, 0.6) is 5.75 Å². The van der Waals surface area contributed by atoms with Gasteiger partial charge in [-0.25, -0.2) is 4.98 Å². The lowest BCUT2D eigenvalue weighted by Crippen LogP contribution is -2.19. The number of rotatable bonds is 5. The summed E-state index contributed by atoms with van der Waals surface area (Å²) >= 11 is 0. The Morgan fingerprint density at radius 3 is 2.46 bits per heavy atom. The van der Waals surface area contributed by atoms with Gasteiger partial charge in [-0.3, -0.25) is 9.48 Å². The minimum Gasteiger partial charge on any atom is -0.484 e. The summed E-state index contributed by atoms with van der Waals surface area (Å²) in [7, 11) is 1.64. The molecule has 0 radical (unpaired) electrons. The van der Waals surface area contributed by atoms with Crippen molar-refractivity contribution >= 4 is 17.5 Å². The highest BCUT2D eigenvalue weighted by atomic mass is 19.4. The molecule has 0 atom stereocenters. The third kappa shape index (κ3) is 4.58. The summed E-state index contributed by atoms with van der Waals surface area (Å²) in [5.74, 6) is 0.128. The summed E-state index contributed by atoms with van der Waals surface area (Å²) in [4.78, 5) is 16.3. The lowest BCUT2D eigenvalue weighted by Gasteiger charge is -2.11. The fourth-order valence-corrected chi connectivity index (χ4v) is 2.46. The van der Waals surface area contributed by atoms with Crippen molar-refractivity contribution in [1.82, 2.24) is 14.8 Å². The van der Waals surface area contributed by atoms with Gasteiger partial charge in [0, 0.05) is 18.8 Å². The van der Waals surface area contributed by atoms with E-state index in [4.69, 9.17) is 5.73 Å². The van der Waals surface area contributed by atoms with Gasteiger partial charge in [-0.15, -0.1) is 0 Å². The number of amides is 1. The van der Waals surface area contributed by atoms with Gasteiger partial charge in [0.25, 0.3) is 5.91 Å². The minimum atomic E-state index is -4.40. The van der Waals surface area contributed by atoms with Gasteiger partial charge in [-0.05, 0) is 35.9 Å². The number of nitrogens with two attached hydrogens (primary N) is 1. The number of hydrogen-bond donors (Lipinski definition) is 2. The molecule has 7 nitrogen and oxygen atoms in total. The number of carbonyl (C=O) groups excluding carboxylic acids is 1. The summed E-state index contributed by atoms with van der Waals surface area (Å²) in [5.41, 5.74) is 7.55. The number of nitrogen functional groups attached to an aromatic ring is 1. The molecule has 0 bridgehead atoms. The highest BCUT2D eigenvalue weighted by molar-refractivity contribution is 6.02. The monoisotopic (exact) mass is 391 g/mol. The average molecular weight is 391 g/mol. The van der Waals surface area contributed by atoms with Gasteiger partial charge in [0.05, 0.1) is 0 Å². The average Bonchev–Trinajstić information content (AvgIpc) is 3.06. The third-order valence-electron chi connectivity index (χ3n) is 3.79. The van der Waals surface area contributed by atoms with Crippen LogP contribution in [0.2, 0.25) is 0 Å². The molecule has 146 valence electrons. The number of nitrogens with one attached hydrogen (secondary N) is 1. The number of pyridine rings is 1. The van der Waals surface area contributed by atoms with E-state index in [2.05, 4.69) is 20.1 Å². The van der Waals surface area contributed by atoms with Crippen molar-refractivity contribution in [2.45, 2.75) is 6.18 Å². The smallest absolute Gasteiger partial charge is 0.422 e. The highest BCUT2D eigenvalue weighted by Crippen LogP contribution is 2.28. The Morgan fingerprint density at radius 1 is 1.18 bits per heavy atom. The molecular weight excluding hydrogens is 375 g/mol. The molecule has 3 rings (SSSR count). The lowest BCUT2D eigenvalue weighted by atomic mass is 10.1. The zero-order valence-electron chi connectivity index (χ0n) is 14.7. The molecule has 2 heterocycles. The molecule has 0 spiro atoms. The van der Waals surface area contributed by atoms with Crippen LogP contribution in [0.4, 0.5) is 24.8 Å². The first-order valence-electron chi connectivity index (χ1n) is 8.09. The molecule has 0 saturated carbocycles. The minimum absolute atomic E-state index is 0.0904. The van der Waals surface area contributed by atoms with E-state index in [0.717, 1.165) is 0 Å². The molecule has 10 heteroatoms. The molecule has 0 aliphatic carbocycles. The van der Waals surface area contributed by atoms with E-state index >= 15 is 0 Å². The first-order valence-corrected chi connectivity index (χ1v) is 8.09. The largest absolute Gasteiger partial charge is 0.484 e. The number of ether oxygens (including phenoxy) is 1. The quantitative estimate of drug-likeness (QED) is 0.696. The third-order valence-corrected chi connectivity index (χ3v) is 3.79. The van der Waals surface area contributed by atoms with E-state index < -0.39 is 12.8 Å². The Balaban J connectivity index is 1.72. The predicted octanol–water partition coefficient (Wildman–Crippen LogP) is 3.26. The molecule has 1 aromatic carbocycles. The van der Waals surface area contributed by atoms with Gasteiger partial charge in [0.2, 0.25) is 0 Å². The normalized spacial score (nSPS) is 11.3. The van der Waals surface area contributed by atoms with E-state index in [1.165, 1.54) is 23.0 Å². The van der Waals surface area contributed by atoms with Crippen LogP contribution < -0.4 is 15.8 Å². The number of aromatic nitrogens is 3. The van der Waals surface area contributed by atoms with Gasteiger partial charge in [0.1, 0.15) is 23.1 Å². The number of hydrogen-bond acceptors (Lipinski definition) is 5. The fraction of sp³-hybridized carbons (Fsp3) is 0.167. The SMILES string of the molecule is Cn1nccc1C(=O)Nc1ccc(-c2ccc(OCC(F)(F)F)cc2)c(N)n1. The zero-order valence-corrected chi connectivity index (χ0v) is 14.7. The van der Waals surface area contributed by atoms with E-state index in [9.17, 15) is 18.0 Å². The van der Waals surface area contributed by atoms with E-state index in [1.54, 1.807) is 37.4 Å². The standard InChI is InChI=1S/C18H16F3N5O2/c1-26-14(8-9-23-26)17(27)25-15-7-6-13(16(22)24-15)11-2-4-12(5-3-11)28-10-18(19,20)21/h2-9H,10H2,1H3,(H3,22,24,25,27). The maximum Gasteiger partial charge on any atom is 0.422 e. The van der Waals surface area contributed by atoms with Crippen LogP contribution in [0.25, 0.3) is 11.1 Å². The second-order valence-corrected chi connectivity index (χ2v) is 5.85. The van der Waals surface area contributed by atoms with E-state index in [0.29, 0.717) is 16.8 Å². The van der Waals surface area contributed by atoms with Crippen molar-refractivity contribution < 1.29 is 22.7 Å². The number of anilines is 2. The van der Waals surface area contributed by atoms with Crippen LogP contribution in [-0.2, 0) is 7.05 Å². The highest BCUT2D eigenvalue weighted by Gasteiger charge is 2.28. The van der Waals surface area contributed by atoms with Crippen LogP contribution >= 0.6 is 0 Å². The maximum absolute atomic E-state index is 12.2. The molecule has 2 aromatic heterocycles. The number of carbonyl (C=O) groups is 1. The second-order valence-electron chi connectivity index (χ2n) is 5.85. The van der Waals surface area contributed by atoms with Gasteiger partial charge in [-0.2, -0.15) is 18.3 Å². The molecule has 3 N–H and O–H groups in total. The van der Waals surface area contributed by atoms with Crippen molar-refractivity contribution in [2.75, 3.05) is 17.7 Å². The Morgan fingerprint density at radius 2 is 1.89 bits per heavy atom. The summed E-state index contributed by atoms with van der Waals surface area (Å²) in [5, 5.41) is 6.55. The Bertz CT molecular complexity index is 984. The Labute approximate surface area is 157 Å². The second kappa shape index (κ2) is 7.59. The summed E-state index contributed by atoms with van der Waals surface area (Å²) in [6.07, 6.45) is -2.90. The fourth-order valence-electron chi connectivity index (χ4n) is 2.46. The molecule has 0 aliphatic heterocycles. The van der Waals surface area contributed by atoms with Gasteiger partial charge in [-0.1, -0.05) is 12.1 Å². The molecule has 3 aromatic rings. The first kappa shape index (κ1) is 19.2. The van der Waals surface area contributed by atoms with Crippen molar-refractivity contribution in [1.29, 1.82) is 0 Å². The predicted molar refractivity (Wildman–Crippen MR) is 96.8 cm³/mol. The van der Waals surface area contributed by atoms with Crippen LogP contribution in [0, 0.1) is 0 Å². The molecule has 1 amide bonds.